The van der Waals surface area contributed by atoms with Gasteiger partial charge in [-0.2, -0.15) is 0 Å². The molecule has 0 aliphatic heterocycles. The summed E-state index contributed by atoms with van der Waals surface area (Å²) in [5, 5.41) is 2.89. The second kappa shape index (κ2) is 5.80. The van der Waals surface area contributed by atoms with E-state index in [1.54, 1.807) is 12.1 Å². The van der Waals surface area contributed by atoms with Crippen molar-refractivity contribution in [3.8, 4) is 0 Å². The van der Waals surface area contributed by atoms with Gasteiger partial charge in [-0.15, -0.1) is 0 Å². The maximum Gasteiger partial charge on any atom is 0.230 e. The maximum absolute atomic E-state index is 12.1. The molecule has 0 unspecified atom stereocenters. The average Bonchev–Trinajstić information content (AvgIpc) is 2.28. The quantitative estimate of drug-likeness (QED) is 0.832. The molecule has 0 atom stereocenters. The van der Waals surface area contributed by atoms with Gasteiger partial charge in [-0.3, -0.25) is 4.79 Å². The number of rotatable bonds is 4. The average molecular weight is 329 g/mol. The lowest BCUT2D eigenvalue weighted by Gasteiger charge is -2.22. The van der Waals surface area contributed by atoms with Crippen LogP contribution in [0.1, 0.15) is 32.8 Å². The molecule has 0 saturated heterocycles. The van der Waals surface area contributed by atoms with E-state index in [-0.39, 0.29) is 10.9 Å². The summed E-state index contributed by atoms with van der Waals surface area (Å²) in [5.74, 6) is -0.0411. The van der Waals surface area contributed by atoms with Crippen LogP contribution in [0.15, 0.2) is 22.7 Å². The van der Waals surface area contributed by atoms with E-state index in [4.69, 9.17) is 18.0 Å². The van der Waals surface area contributed by atoms with Crippen molar-refractivity contribution in [1.29, 1.82) is 0 Å². The zero-order valence-electron chi connectivity index (χ0n) is 10.7. The van der Waals surface area contributed by atoms with Crippen molar-refractivity contribution >= 4 is 44.7 Å². The predicted octanol–water partition coefficient (Wildman–Crippen LogP) is 3.46. The molecule has 0 radical (unpaired) electrons. The van der Waals surface area contributed by atoms with Crippen LogP contribution >= 0.6 is 28.1 Å². The predicted molar refractivity (Wildman–Crippen MR) is 82.7 cm³/mol. The Kier molecular flexibility index (Phi) is 4.87. The first-order chi connectivity index (χ1) is 8.27. The van der Waals surface area contributed by atoms with Crippen LogP contribution in [0.4, 0.5) is 5.69 Å². The zero-order valence-corrected chi connectivity index (χ0v) is 13.1. The highest BCUT2D eigenvalue weighted by Crippen LogP contribution is 2.26. The van der Waals surface area contributed by atoms with E-state index >= 15 is 0 Å². The van der Waals surface area contributed by atoms with E-state index in [1.165, 1.54) is 0 Å². The molecule has 5 heteroatoms. The maximum atomic E-state index is 12.1. The van der Waals surface area contributed by atoms with Crippen molar-refractivity contribution < 1.29 is 4.79 Å². The third kappa shape index (κ3) is 3.53. The Hall–Kier alpha value is -0.940. The van der Waals surface area contributed by atoms with Crippen molar-refractivity contribution in [1.82, 2.24) is 0 Å². The number of carbonyl (C=O) groups excluding carboxylic acids is 1. The van der Waals surface area contributed by atoms with Crippen LogP contribution in [-0.2, 0) is 4.79 Å². The van der Waals surface area contributed by atoms with Gasteiger partial charge in [0.2, 0.25) is 5.91 Å². The Labute approximate surface area is 121 Å². The Bertz CT molecular complexity index is 486. The highest BCUT2D eigenvalue weighted by molar-refractivity contribution is 9.10. The second-order valence-corrected chi connectivity index (χ2v) is 6.10. The minimum Gasteiger partial charge on any atom is -0.389 e. The lowest BCUT2D eigenvalue weighted by atomic mass is 9.89. The molecular weight excluding hydrogens is 312 g/mol. The van der Waals surface area contributed by atoms with Crippen molar-refractivity contribution in [3.05, 3.63) is 28.2 Å². The molecule has 0 saturated carbocycles. The minimum atomic E-state index is -0.421. The Morgan fingerprint density at radius 1 is 1.50 bits per heavy atom. The molecule has 18 heavy (non-hydrogen) atoms. The number of benzene rings is 1. The van der Waals surface area contributed by atoms with E-state index in [9.17, 15) is 4.79 Å². The lowest BCUT2D eigenvalue weighted by Crippen LogP contribution is -2.31. The number of nitrogens with two attached hydrogens (primary N) is 1. The molecule has 1 rings (SSSR count). The summed E-state index contributed by atoms with van der Waals surface area (Å²) in [6.07, 6.45) is 0.759. The number of anilines is 1. The summed E-state index contributed by atoms with van der Waals surface area (Å²) in [6, 6.07) is 5.44. The van der Waals surface area contributed by atoms with Gasteiger partial charge in [-0.05, 0) is 24.6 Å². The van der Waals surface area contributed by atoms with E-state index in [0.717, 1.165) is 10.9 Å². The fraction of sp³-hybridized carbons (Fsp3) is 0.385. The molecular formula is C13H17BrN2OS. The monoisotopic (exact) mass is 328 g/mol. The van der Waals surface area contributed by atoms with Gasteiger partial charge in [0.05, 0.1) is 5.69 Å². The number of halogens is 1. The Morgan fingerprint density at radius 3 is 2.61 bits per heavy atom. The highest BCUT2D eigenvalue weighted by atomic mass is 79.9. The zero-order chi connectivity index (χ0) is 13.9. The summed E-state index contributed by atoms with van der Waals surface area (Å²) in [6.45, 7) is 5.79. The van der Waals surface area contributed by atoms with Gasteiger partial charge in [0.15, 0.2) is 0 Å². The van der Waals surface area contributed by atoms with E-state index in [1.807, 2.05) is 26.8 Å². The van der Waals surface area contributed by atoms with Crippen LogP contribution < -0.4 is 11.1 Å². The summed E-state index contributed by atoms with van der Waals surface area (Å²) in [4.78, 5) is 12.4. The van der Waals surface area contributed by atoms with Crippen molar-refractivity contribution in [2.24, 2.45) is 11.1 Å². The molecule has 0 heterocycles. The fourth-order valence-corrected chi connectivity index (χ4v) is 1.83. The van der Waals surface area contributed by atoms with Crippen LogP contribution in [0.25, 0.3) is 0 Å². The standard InChI is InChI=1S/C13H17BrN2OS/c1-4-13(2,3)12(17)16-10-7-8(14)5-6-9(10)11(15)18/h5-7H,4H2,1-3H3,(H2,15,18)(H,16,17). The minimum absolute atomic E-state index is 0.0411. The van der Waals surface area contributed by atoms with Gasteiger partial charge in [-0.1, -0.05) is 48.9 Å². The first-order valence-electron chi connectivity index (χ1n) is 5.68. The van der Waals surface area contributed by atoms with Gasteiger partial charge in [0, 0.05) is 15.5 Å². The lowest BCUT2D eigenvalue weighted by molar-refractivity contribution is -0.124. The van der Waals surface area contributed by atoms with Crippen LogP contribution in [0.5, 0.6) is 0 Å². The van der Waals surface area contributed by atoms with Crippen LogP contribution in [0.3, 0.4) is 0 Å². The van der Waals surface area contributed by atoms with Gasteiger partial charge < -0.3 is 11.1 Å². The van der Waals surface area contributed by atoms with Crippen LogP contribution in [-0.4, -0.2) is 10.9 Å². The first kappa shape index (κ1) is 15.1. The Morgan fingerprint density at radius 2 is 2.11 bits per heavy atom. The number of nitrogens with one attached hydrogen (secondary N) is 1. The highest BCUT2D eigenvalue weighted by Gasteiger charge is 2.26. The largest absolute Gasteiger partial charge is 0.389 e. The summed E-state index contributed by atoms with van der Waals surface area (Å²) < 4.78 is 0.868. The van der Waals surface area contributed by atoms with Gasteiger partial charge in [0.25, 0.3) is 0 Å². The molecule has 0 aliphatic rings. The van der Waals surface area contributed by atoms with Crippen molar-refractivity contribution in [2.75, 3.05) is 5.32 Å². The van der Waals surface area contributed by atoms with Gasteiger partial charge in [0.1, 0.15) is 4.99 Å². The number of carbonyl (C=O) groups is 1. The SMILES string of the molecule is CCC(C)(C)C(=O)Nc1cc(Br)ccc1C(N)=S. The Balaban J connectivity index is 3.07. The van der Waals surface area contributed by atoms with Crippen molar-refractivity contribution in [3.63, 3.8) is 0 Å². The summed E-state index contributed by atoms with van der Waals surface area (Å²) >= 11 is 8.35. The molecule has 0 aromatic heterocycles. The van der Waals surface area contributed by atoms with Gasteiger partial charge in [-0.25, -0.2) is 0 Å². The number of hydrogen-bond donors (Lipinski definition) is 2. The van der Waals surface area contributed by atoms with E-state index in [2.05, 4.69) is 21.2 Å². The molecule has 3 N–H and O–H groups in total. The molecule has 0 fully saturated rings. The normalized spacial score (nSPS) is 11.1. The summed E-state index contributed by atoms with van der Waals surface area (Å²) in [5.41, 5.74) is 6.54. The van der Waals surface area contributed by atoms with E-state index < -0.39 is 5.41 Å². The smallest absolute Gasteiger partial charge is 0.230 e. The van der Waals surface area contributed by atoms with Crippen LogP contribution in [0.2, 0.25) is 0 Å². The van der Waals surface area contributed by atoms with Gasteiger partial charge >= 0.3 is 0 Å². The molecule has 1 aromatic carbocycles. The molecule has 1 amide bonds. The second-order valence-electron chi connectivity index (χ2n) is 4.75. The molecule has 1 aromatic rings. The molecule has 0 spiro atoms. The third-order valence-electron chi connectivity index (χ3n) is 2.99. The third-order valence-corrected chi connectivity index (χ3v) is 3.71. The summed E-state index contributed by atoms with van der Waals surface area (Å²) in [7, 11) is 0. The number of hydrogen-bond acceptors (Lipinski definition) is 2. The van der Waals surface area contributed by atoms with Crippen LogP contribution in [0, 0.1) is 5.41 Å². The molecule has 0 bridgehead atoms. The number of amides is 1. The molecule has 3 nitrogen and oxygen atoms in total. The molecule has 98 valence electrons. The van der Waals surface area contributed by atoms with Crippen molar-refractivity contribution in [2.45, 2.75) is 27.2 Å². The van der Waals surface area contributed by atoms with E-state index in [0.29, 0.717) is 11.3 Å². The topological polar surface area (TPSA) is 55.1 Å². The first-order valence-corrected chi connectivity index (χ1v) is 6.89. The molecule has 0 aliphatic carbocycles. The number of thiocarbonyl (C=S) groups is 1. The fourth-order valence-electron chi connectivity index (χ4n) is 1.29.